The molecule has 0 fully saturated rings. The number of anilines is 1. The van der Waals surface area contributed by atoms with Gasteiger partial charge in [-0.3, -0.25) is 4.79 Å². The zero-order chi connectivity index (χ0) is 27.7. The van der Waals surface area contributed by atoms with E-state index in [-0.39, 0.29) is 38.3 Å². The summed E-state index contributed by atoms with van der Waals surface area (Å²) in [6.45, 7) is -4.01. The molecule has 0 unspecified atom stereocenters. The van der Waals surface area contributed by atoms with Gasteiger partial charge in [0, 0.05) is 10.5 Å². The smallest absolute Gasteiger partial charge is 0.265 e. The van der Waals surface area contributed by atoms with Crippen molar-refractivity contribution in [3.05, 3.63) is 50.3 Å². The van der Waals surface area contributed by atoms with Gasteiger partial charge >= 0.3 is 0 Å². The fraction of sp³-hybridized carbons (Fsp3) is 0.222. The zero-order valence-electron chi connectivity index (χ0n) is 22.4. The normalized spacial score (nSPS) is 19.1. The van der Waals surface area contributed by atoms with Crippen molar-refractivity contribution >= 4 is 44.6 Å². The number of benzene rings is 1. The minimum atomic E-state index is -4.82. The van der Waals surface area contributed by atoms with E-state index in [1.165, 1.54) is 12.3 Å². The average molecular weight is 463 g/mol. The molecule has 0 radical (unpaired) electrons. The van der Waals surface area contributed by atoms with Crippen LogP contribution in [-0.2, 0) is 16.4 Å². The van der Waals surface area contributed by atoms with Gasteiger partial charge in [0.2, 0.25) is 6.75 Å². The summed E-state index contributed by atoms with van der Waals surface area (Å²) in [6.07, 6.45) is -0.552. The average Bonchev–Trinajstić information content (AvgIpc) is 3.51. The number of hydrogen-bond donors (Lipinski definition) is 1. The SMILES string of the molecule is [2H]c1c(C)c(CC(=O)c2sccc2S(=O)(=O)N([2H])c2onc(C([2H])([2H])[2H])c2Cl)c([2H])c2c1OC([2H])([2H])O2. The number of fused-ring (bicyclic) bond motifs is 1. The van der Waals surface area contributed by atoms with E-state index in [1.54, 1.807) is 0 Å². The quantitative estimate of drug-likeness (QED) is 0.552. The summed E-state index contributed by atoms with van der Waals surface area (Å²) in [5.74, 6) is -2.31. The number of nitrogens with zero attached hydrogens (tertiary/aromatic N) is 1. The summed E-state index contributed by atoms with van der Waals surface area (Å²) < 4.78 is 103. The zero-order valence-corrected chi connectivity index (χ0v) is 16.8. The molecule has 1 aliphatic rings. The van der Waals surface area contributed by atoms with E-state index < -0.39 is 63.4 Å². The van der Waals surface area contributed by atoms with E-state index in [0.717, 1.165) is 17.4 Å². The summed E-state index contributed by atoms with van der Waals surface area (Å²) in [7, 11) is -4.82. The Morgan fingerprint density at radius 3 is 2.97 bits per heavy atom. The van der Waals surface area contributed by atoms with Crippen LogP contribution in [0.15, 0.2) is 32.9 Å². The first-order valence-corrected chi connectivity index (χ1v) is 10.5. The molecular formula is C18H15ClN2O6S2. The number of sulfonamides is 1. The Morgan fingerprint density at radius 1 is 1.48 bits per heavy atom. The van der Waals surface area contributed by atoms with Crippen molar-refractivity contribution in [2.45, 2.75) is 25.1 Å². The lowest BCUT2D eigenvalue weighted by atomic mass is 10.0. The van der Waals surface area contributed by atoms with Crippen molar-refractivity contribution in [1.29, 1.82) is 0 Å². The molecule has 2 aromatic heterocycles. The third-order valence-electron chi connectivity index (χ3n) is 3.83. The Bertz CT molecular complexity index is 1540. The van der Waals surface area contributed by atoms with Crippen molar-refractivity contribution in [2.24, 2.45) is 0 Å². The molecule has 0 spiro atoms. The third-order valence-corrected chi connectivity index (χ3v) is 6.56. The molecule has 0 bridgehead atoms. The number of carbonyl (C=O) groups is 1. The van der Waals surface area contributed by atoms with E-state index in [2.05, 4.69) is 5.16 Å². The molecule has 11 heteroatoms. The van der Waals surface area contributed by atoms with E-state index in [1.807, 2.05) is 0 Å². The summed E-state index contributed by atoms with van der Waals surface area (Å²) >= 11 is 6.64. The number of halogens is 1. The van der Waals surface area contributed by atoms with Crippen LogP contribution in [0.5, 0.6) is 11.5 Å². The van der Waals surface area contributed by atoms with E-state index in [0.29, 0.717) is 0 Å². The topological polar surface area (TPSA) is 108 Å². The predicted molar refractivity (Wildman–Crippen MR) is 107 cm³/mol. The lowest BCUT2D eigenvalue weighted by Crippen LogP contribution is -2.16. The van der Waals surface area contributed by atoms with Gasteiger partial charge in [-0.1, -0.05) is 16.8 Å². The van der Waals surface area contributed by atoms with Gasteiger partial charge in [-0.15, -0.1) is 11.3 Å². The fourth-order valence-electron chi connectivity index (χ4n) is 2.44. The Balaban J connectivity index is 1.69. The highest BCUT2D eigenvalue weighted by Gasteiger charge is 2.27. The molecule has 0 saturated heterocycles. The molecule has 0 amide bonds. The molecule has 3 aromatic rings. The Labute approximate surface area is 186 Å². The maximum Gasteiger partial charge on any atom is 0.265 e. The molecular weight excluding hydrogens is 440 g/mol. The fourth-order valence-corrected chi connectivity index (χ4v) is 4.91. The highest BCUT2D eigenvalue weighted by atomic mass is 35.5. The number of rotatable bonds is 6. The summed E-state index contributed by atoms with van der Waals surface area (Å²) in [5, 5.41) is 3.81. The maximum absolute atomic E-state index is 13.2. The number of aromatic nitrogens is 1. The van der Waals surface area contributed by atoms with Crippen molar-refractivity contribution < 1.29 is 38.2 Å². The van der Waals surface area contributed by atoms with E-state index in [4.69, 9.17) is 36.6 Å². The first-order chi connectivity index (χ1) is 17.0. The van der Waals surface area contributed by atoms with Crippen LogP contribution in [0.2, 0.25) is 6.43 Å². The van der Waals surface area contributed by atoms with Crippen LogP contribution in [0, 0.1) is 13.8 Å². The minimum absolute atomic E-state index is 0.00451. The van der Waals surface area contributed by atoms with Crippen LogP contribution in [0.4, 0.5) is 5.88 Å². The van der Waals surface area contributed by atoms with Gasteiger partial charge in [0.1, 0.15) is 18.4 Å². The molecule has 3 heterocycles. The van der Waals surface area contributed by atoms with Gasteiger partial charge in [-0.05, 0) is 48.4 Å². The summed E-state index contributed by atoms with van der Waals surface area (Å²) in [6, 6.07) is 0.367. The van der Waals surface area contributed by atoms with Gasteiger partial charge in [-0.25, -0.2) is 13.1 Å². The minimum Gasteiger partial charge on any atom is -0.454 e. The van der Waals surface area contributed by atoms with Crippen LogP contribution < -0.4 is 14.2 Å². The molecule has 8 nitrogen and oxygen atoms in total. The van der Waals surface area contributed by atoms with Gasteiger partial charge in [-0.2, -0.15) is 0 Å². The number of nitrogens with one attached hydrogen (secondary N) is 1. The second-order valence-corrected chi connectivity index (χ2v) is 8.60. The predicted octanol–water partition coefficient (Wildman–Crippen LogP) is 3.96. The van der Waals surface area contributed by atoms with Crippen LogP contribution in [0.1, 0.15) is 36.1 Å². The first-order valence-electron chi connectivity index (χ1n) is 11.7. The highest BCUT2D eigenvalue weighted by molar-refractivity contribution is 7.93. The second-order valence-electron chi connectivity index (χ2n) is 5.73. The Kier molecular flexibility index (Phi) is 3.10. The third kappa shape index (κ3) is 3.70. The first kappa shape index (κ1) is 12.2. The molecule has 0 atom stereocenters. The Hall–Kier alpha value is -2.56. The van der Waals surface area contributed by atoms with Crippen LogP contribution in [0.25, 0.3) is 0 Å². The van der Waals surface area contributed by atoms with Gasteiger partial charge in [0.15, 0.2) is 18.7 Å². The number of Topliss-reactive ketones (excluding diaryl/α,β-unsaturated/α-hetero) is 1. The molecule has 152 valence electrons. The molecule has 4 rings (SSSR count). The van der Waals surface area contributed by atoms with Crippen LogP contribution in [-0.4, -0.2) is 26.1 Å². The highest BCUT2D eigenvalue weighted by Crippen LogP contribution is 2.36. The molecule has 0 saturated carbocycles. The maximum atomic E-state index is 13.2. The number of hydrogen-bond acceptors (Lipinski definition) is 8. The number of ether oxygens (including phenoxy) is 2. The standard InChI is InChI=1S/C18H15ClN2O6S2/c1-9-5-13-14(26-8-25-13)7-11(9)6-12(22)17-15(3-4-28-17)29(23,24)21-18-16(19)10(2)20-27-18/h3-5,7,21H,6,8H2,1-2H3/i2D3,5D,7D,8D2/hD. The Morgan fingerprint density at radius 2 is 2.24 bits per heavy atom. The molecule has 1 aromatic carbocycles. The number of ketones is 1. The monoisotopic (exact) mass is 462 g/mol. The van der Waals surface area contributed by atoms with Crippen molar-refractivity contribution in [2.75, 3.05) is 11.5 Å². The lowest BCUT2D eigenvalue weighted by Gasteiger charge is -2.09. The largest absolute Gasteiger partial charge is 0.454 e. The number of aryl methyl sites for hydroxylation is 1. The van der Waals surface area contributed by atoms with Gasteiger partial charge in [0.05, 0.1) is 7.62 Å². The molecule has 29 heavy (non-hydrogen) atoms. The lowest BCUT2D eigenvalue weighted by molar-refractivity contribution is 0.0994. The van der Waals surface area contributed by atoms with E-state index in [9.17, 15) is 13.2 Å². The van der Waals surface area contributed by atoms with Gasteiger partial charge in [0.25, 0.3) is 15.9 Å². The van der Waals surface area contributed by atoms with Crippen molar-refractivity contribution in [1.82, 2.24) is 5.16 Å². The number of thiophene rings is 1. The van der Waals surface area contributed by atoms with E-state index >= 15 is 0 Å². The van der Waals surface area contributed by atoms with Crippen molar-refractivity contribution in [3.8, 4) is 11.5 Å². The van der Waals surface area contributed by atoms with Gasteiger partial charge < -0.3 is 14.0 Å². The molecule has 1 N–H and O–H groups in total. The molecule has 0 aliphatic carbocycles. The second kappa shape index (κ2) is 7.36. The van der Waals surface area contributed by atoms with Crippen molar-refractivity contribution in [3.63, 3.8) is 0 Å². The van der Waals surface area contributed by atoms with Crippen LogP contribution in [0.3, 0.4) is 0 Å². The van der Waals surface area contributed by atoms with Crippen LogP contribution >= 0.6 is 22.9 Å². The molecule has 1 aliphatic heterocycles. The number of carbonyl (C=O) groups excluding carboxylic acids is 1. The summed E-state index contributed by atoms with van der Waals surface area (Å²) in [5.41, 5.74) is -0.614. The summed E-state index contributed by atoms with van der Waals surface area (Å²) in [4.78, 5) is 12.3.